The summed E-state index contributed by atoms with van der Waals surface area (Å²) >= 11 is 0. The lowest BCUT2D eigenvalue weighted by atomic mass is 9.83. The Bertz CT molecular complexity index is 600. The second kappa shape index (κ2) is 6.14. The Hall–Kier alpha value is -1.43. The molecule has 1 N–H and O–H groups in total. The maximum Gasteiger partial charge on any atom is 0.219 e. The first-order valence-electron chi connectivity index (χ1n) is 9.02. The topological polar surface area (TPSA) is 47.0 Å². The van der Waals surface area contributed by atoms with Crippen LogP contribution in [0.2, 0.25) is 0 Å². The second-order valence-electron chi connectivity index (χ2n) is 7.77. The van der Waals surface area contributed by atoms with Crippen molar-refractivity contribution in [3.05, 3.63) is 35.9 Å². The second-order valence-corrected chi connectivity index (χ2v) is 7.77. The Labute approximate surface area is 143 Å². The quantitative estimate of drug-likeness (QED) is 0.881. The zero-order chi connectivity index (χ0) is 16.7. The molecular formula is C19H27N3O2. The summed E-state index contributed by atoms with van der Waals surface area (Å²) in [6, 6.07) is 11.1. The summed E-state index contributed by atoms with van der Waals surface area (Å²) in [5, 5.41) is 10.1. The molecule has 3 aliphatic rings. The Kier molecular flexibility index (Phi) is 4.11. The van der Waals surface area contributed by atoms with Gasteiger partial charge in [0.1, 0.15) is 0 Å². The van der Waals surface area contributed by atoms with E-state index in [9.17, 15) is 9.90 Å². The molecule has 1 aromatic rings. The van der Waals surface area contributed by atoms with E-state index in [0.717, 1.165) is 52.1 Å². The number of hydrogen-bond donors (Lipinski definition) is 1. The van der Waals surface area contributed by atoms with Gasteiger partial charge in [-0.25, -0.2) is 0 Å². The van der Waals surface area contributed by atoms with Gasteiger partial charge in [0.15, 0.2) is 0 Å². The number of aliphatic hydroxyl groups is 1. The van der Waals surface area contributed by atoms with Gasteiger partial charge in [0.2, 0.25) is 5.91 Å². The van der Waals surface area contributed by atoms with E-state index in [-0.39, 0.29) is 17.6 Å². The van der Waals surface area contributed by atoms with Crippen LogP contribution in [-0.2, 0) is 11.2 Å². The maximum atomic E-state index is 11.6. The molecule has 3 fully saturated rings. The SMILES string of the molecule is CC(=O)N1CC2(CN(CCc3ccccc3)C[C@@H]3C[C@@H](O)CN32)C1. The van der Waals surface area contributed by atoms with Crippen molar-refractivity contribution in [2.75, 3.05) is 39.3 Å². The molecule has 1 amide bonds. The molecule has 3 saturated heterocycles. The molecule has 2 atom stereocenters. The highest BCUT2D eigenvalue weighted by atomic mass is 16.3. The number of piperazine rings is 1. The average molecular weight is 329 g/mol. The van der Waals surface area contributed by atoms with Crippen LogP contribution < -0.4 is 0 Å². The number of amides is 1. The smallest absolute Gasteiger partial charge is 0.219 e. The molecule has 0 bridgehead atoms. The fraction of sp³-hybridized carbons (Fsp3) is 0.632. The van der Waals surface area contributed by atoms with Gasteiger partial charge in [-0.2, -0.15) is 0 Å². The highest BCUT2D eigenvalue weighted by Crippen LogP contribution is 2.38. The Morgan fingerprint density at radius 3 is 2.67 bits per heavy atom. The first-order chi connectivity index (χ1) is 11.6. The number of rotatable bonds is 3. The number of aliphatic hydroxyl groups excluding tert-OH is 1. The third kappa shape index (κ3) is 2.85. The van der Waals surface area contributed by atoms with Crippen LogP contribution in [0.25, 0.3) is 0 Å². The maximum absolute atomic E-state index is 11.6. The summed E-state index contributed by atoms with van der Waals surface area (Å²) in [7, 11) is 0. The molecule has 4 rings (SSSR count). The number of benzene rings is 1. The summed E-state index contributed by atoms with van der Waals surface area (Å²) < 4.78 is 0. The summed E-state index contributed by atoms with van der Waals surface area (Å²) in [6.45, 7) is 7.13. The van der Waals surface area contributed by atoms with Crippen molar-refractivity contribution < 1.29 is 9.90 Å². The largest absolute Gasteiger partial charge is 0.392 e. The van der Waals surface area contributed by atoms with Crippen molar-refractivity contribution in [2.24, 2.45) is 0 Å². The zero-order valence-electron chi connectivity index (χ0n) is 14.4. The van der Waals surface area contributed by atoms with E-state index in [1.54, 1.807) is 6.92 Å². The average Bonchev–Trinajstić information content (AvgIpc) is 2.91. The van der Waals surface area contributed by atoms with Crippen LogP contribution >= 0.6 is 0 Å². The number of carbonyl (C=O) groups excluding carboxylic acids is 1. The minimum Gasteiger partial charge on any atom is -0.392 e. The van der Waals surface area contributed by atoms with Gasteiger partial charge in [0, 0.05) is 52.2 Å². The molecule has 3 aliphatic heterocycles. The van der Waals surface area contributed by atoms with Gasteiger partial charge in [-0.05, 0) is 18.4 Å². The molecule has 24 heavy (non-hydrogen) atoms. The van der Waals surface area contributed by atoms with Gasteiger partial charge in [-0.15, -0.1) is 0 Å². The number of hydrogen-bond acceptors (Lipinski definition) is 4. The third-order valence-electron chi connectivity index (χ3n) is 5.96. The number of likely N-dealkylation sites (tertiary alicyclic amines) is 1. The number of β-amino-alcohol motifs (C(OH)–C–C–N with tert-alkyl or cyclic N) is 1. The minimum atomic E-state index is -0.215. The van der Waals surface area contributed by atoms with E-state index in [2.05, 4.69) is 40.1 Å². The number of fused-ring (bicyclic) bond motifs is 2. The van der Waals surface area contributed by atoms with E-state index in [1.165, 1.54) is 5.56 Å². The summed E-state index contributed by atoms with van der Waals surface area (Å²) in [4.78, 5) is 18.6. The molecule has 0 unspecified atom stereocenters. The predicted octanol–water partition coefficient (Wildman–Crippen LogP) is 0.581. The van der Waals surface area contributed by atoms with Crippen LogP contribution in [0.15, 0.2) is 30.3 Å². The lowest BCUT2D eigenvalue weighted by Gasteiger charge is -2.61. The monoisotopic (exact) mass is 329 g/mol. The van der Waals surface area contributed by atoms with Crippen LogP contribution in [0.3, 0.4) is 0 Å². The predicted molar refractivity (Wildman–Crippen MR) is 92.7 cm³/mol. The molecule has 5 heteroatoms. The van der Waals surface area contributed by atoms with Gasteiger partial charge in [-0.1, -0.05) is 30.3 Å². The normalized spacial score (nSPS) is 29.5. The fourth-order valence-electron chi connectivity index (χ4n) is 4.79. The van der Waals surface area contributed by atoms with E-state index in [4.69, 9.17) is 0 Å². The van der Waals surface area contributed by atoms with Crippen molar-refractivity contribution in [2.45, 2.75) is 37.5 Å². The Morgan fingerprint density at radius 2 is 1.96 bits per heavy atom. The third-order valence-corrected chi connectivity index (χ3v) is 5.96. The zero-order valence-corrected chi connectivity index (χ0v) is 14.4. The molecular weight excluding hydrogens is 302 g/mol. The molecule has 0 aromatic heterocycles. The van der Waals surface area contributed by atoms with Crippen molar-refractivity contribution in [1.82, 2.24) is 14.7 Å². The van der Waals surface area contributed by atoms with Gasteiger partial charge in [-0.3, -0.25) is 14.6 Å². The van der Waals surface area contributed by atoms with Crippen LogP contribution in [0.5, 0.6) is 0 Å². The van der Waals surface area contributed by atoms with Gasteiger partial charge in [0.25, 0.3) is 0 Å². The molecule has 130 valence electrons. The molecule has 5 nitrogen and oxygen atoms in total. The van der Waals surface area contributed by atoms with Crippen molar-refractivity contribution in [3.63, 3.8) is 0 Å². The van der Waals surface area contributed by atoms with E-state index < -0.39 is 0 Å². The lowest BCUT2D eigenvalue weighted by molar-refractivity contribution is -0.154. The van der Waals surface area contributed by atoms with Crippen LogP contribution in [0, 0.1) is 0 Å². The van der Waals surface area contributed by atoms with Crippen LogP contribution in [0.1, 0.15) is 18.9 Å². The standard InChI is InChI=1S/C19H27N3O2/c1-15(23)21-13-19(14-21)12-20(8-7-16-5-3-2-4-6-16)10-17-9-18(24)11-22(17)19/h2-6,17-18,24H,7-14H2,1H3/t17-,18+/m0/s1. The van der Waals surface area contributed by atoms with E-state index in [1.807, 2.05) is 4.90 Å². The summed E-state index contributed by atoms with van der Waals surface area (Å²) in [5.74, 6) is 0.165. The number of carbonyl (C=O) groups is 1. The Morgan fingerprint density at radius 1 is 1.21 bits per heavy atom. The molecule has 3 heterocycles. The first kappa shape index (κ1) is 16.1. The Balaban J connectivity index is 1.44. The van der Waals surface area contributed by atoms with Gasteiger partial charge >= 0.3 is 0 Å². The van der Waals surface area contributed by atoms with Gasteiger partial charge < -0.3 is 10.0 Å². The van der Waals surface area contributed by atoms with Gasteiger partial charge in [0.05, 0.1) is 11.6 Å². The molecule has 0 saturated carbocycles. The summed E-state index contributed by atoms with van der Waals surface area (Å²) in [5.41, 5.74) is 1.43. The van der Waals surface area contributed by atoms with Crippen molar-refractivity contribution >= 4 is 5.91 Å². The van der Waals surface area contributed by atoms with E-state index in [0.29, 0.717) is 6.04 Å². The highest BCUT2D eigenvalue weighted by molar-refractivity contribution is 5.74. The van der Waals surface area contributed by atoms with Crippen LogP contribution in [0.4, 0.5) is 0 Å². The summed E-state index contributed by atoms with van der Waals surface area (Å²) in [6.07, 6.45) is 1.71. The number of nitrogens with zero attached hydrogens (tertiary/aromatic N) is 3. The molecule has 0 aliphatic carbocycles. The fourth-order valence-corrected chi connectivity index (χ4v) is 4.79. The first-order valence-corrected chi connectivity index (χ1v) is 9.02. The highest BCUT2D eigenvalue weighted by Gasteiger charge is 2.56. The van der Waals surface area contributed by atoms with Crippen molar-refractivity contribution in [1.29, 1.82) is 0 Å². The van der Waals surface area contributed by atoms with Crippen LogP contribution in [-0.4, -0.2) is 82.7 Å². The lowest BCUT2D eigenvalue weighted by Crippen LogP contribution is -2.78. The van der Waals surface area contributed by atoms with Crippen molar-refractivity contribution in [3.8, 4) is 0 Å². The molecule has 1 spiro atoms. The van der Waals surface area contributed by atoms with E-state index >= 15 is 0 Å². The molecule has 1 aromatic carbocycles. The minimum absolute atomic E-state index is 0.0583. The molecule has 0 radical (unpaired) electrons.